The van der Waals surface area contributed by atoms with Gasteiger partial charge in [0.25, 0.3) is 0 Å². The van der Waals surface area contributed by atoms with Crippen molar-refractivity contribution < 1.29 is 5.11 Å². The summed E-state index contributed by atoms with van der Waals surface area (Å²) in [5.41, 5.74) is 1.28. The van der Waals surface area contributed by atoms with Crippen LogP contribution in [0.4, 0.5) is 0 Å². The molecular formula is C14H18N2O. The van der Waals surface area contributed by atoms with Crippen molar-refractivity contribution in [2.75, 3.05) is 19.7 Å². The number of piperidine rings is 1. The topological polar surface area (TPSA) is 36.4 Å². The van der Waals surface area contributed by atoms with Crippen LogP contribution in [0.3, 0.4) is 0 Å². The fourth-order valence-electron chi connectivity index (χ4n) is 2.34. The predicted molar refractivity (Wildman–Crippen MR) is 67.3 cm³/mol. The smallest absolute Gasteiger partial charge is 0.104 e. The zero-order valence-electron chi connectivity index (χ0n) is 9.97. The monoisotopic (exact) mass is 230 g/mol. The largest absolute Gasteiger partial charge is 0.384 e. The molecule has 3 nitrogen and oxygen atoms in total. The van der Waals surface area contributed by atoms with Crippen LogP contribution in [0.1, 0.15) is 30.9 Å². The molecule has 1 aliphatic heterocycles. The second-order valence-corrected chi connectivity index (χ2v) is 4.28. The lowest BCUT2D eigenvalue weighted by Crippen LogP contribution is -2.33. The molecule has 1 aliphatic rings. The van der Waals surface area contributed by atoms with E-state index in [0.717, 1.165) is 13.1 Å². The Morgan fingerprint density at radius 1 is 1.41 bits per heavy atom. The second-order valence-electron chi connectivity index (χ2n) is 4.28. The Kier molecular flexibility index (Phi) is 4.54. The number of hydrogen-bond acceptors (Lipinski definition) is 3. The summed E-state index contributed by atoms with van der Waals surface area (Å²) in [4.78, 5) is 6.57. The van der Waals surface area contributed by atoms with Gasteiger partial charge < -0.3 is 5.11 Å². The Morgan fingerprint density at radius 3 is 3.12 bits per heavy atom. The molecule has 0 saturated carbocycles. The molecule has 0 radical (unpaired) electrons. The lowest BCUT2D eigenvalue weighted by atomic mass is 9.96. The van der Waals surface area contributed by atoms with Gasteiger partial charge in [-0.25, -0.2) is 0 Å². The first-order valence-corrected chi connectivity index (χ1v) is 6.12. The minimum atomic E-state index is -0.0502. The van der Waals surface area contributed by atoms with E-state index in [9.17, 15) is 0 Å². The van der Waals surface area contributed by atoms with Gasteiger partial charge in [-0.15, -0.1) is 0 Å². The van der Waals surface area contributed by atoms with E-state index in [1.807, 2.05) is 18.5 Å². The van der Waals surface area contributed by atoms with Gasteiger partial charge in [0.2, 0.25) is 0 Å². The summed E-state index contributed by atoms with van der Waals surface area (Å²) in [6, 6.07) is 4.56. The average molecular weight is 230 g/mol. The number of pyridine rings is 1. The van der Waals surface area contributed by atoms with Gasteiger partial charge in [0.1, 0.15) is 6.61 Å². The first kappa shape index (κ1) is 12.1. The highest BCUT2D eigenvalue weighted by Crippen LogP contribution is 2.29. The molecule has 1 fully saturated rings. The van der Waals surface area contributed by atoms with E-state index in [2.05, 4.69) is 27.8 Å². The third kappa shape index (κ3) is 3.29. The molecule has 90 valence electrons. The van der Waals surface area contributed by atoms with E-state index < -0.39 is 0 Å². The van der Waals surface area contributed by atoms with Gasteiger partial charge in [-0.2, -0.15) is 0 Å². The zero-order chi connectivity index (χ0) is 11.9. The van der Waals surface area contributed by atoms with E-state index in [1.54, 1.807) is 0 Å². The summed E-state index contributed by atoms with van der Waals surface area (Å²) in [7, 11) is 0. The van der Waals surface area contributed by atoms with Crippen molar-refractivity contribution in [2.45, 2.75) is 25.3 Å². The first-order chi connectivity index (χ1) is 8.42. The van der Waals surface area contributed by atoms with Crippen LogP contribution in [0.2, 0.25) is 0 Å². The molecule has 2 heterocycles. The summed E-state index contributed by atoms with van der Waals surface area (Å²) in [6.45, 7) is 1.77. The van der Waals surface area contributed by atoms with Crippen LogP contribution in [0.5, 0.6) is 0 Å². The van der Waals surface area contributed by atoms with E-state index in [1.165, 1.54) is 24.8 Å². The molecule has 0 aromatic carbocycles. The van der Waals surface area contributed by atoms with Crippen molar-refractivity contribution in [1.82, 2.24) is 9.88 Å². The van der Waals surface area contributed by atoms with Gasteiger partial charge in [-0.3, -0.25) is 9.88 Å². The molecule has 0 aliphatic carbocycles. The molecule has 0 amide bonds. The summed E-state index contributed by atoms with van der Waals surface area (Å²) in [6.07, 6.45) is 7.43. The molecule has 1 saturated heterocycles. The summed E-state index contributed by atoms with van der Waals surface area (Å²) in [5, 5.41) is 8.68. The van der Waals surface area contributed by atoms with Crippen molar-refractivity contribution in [3.05, 3.63) is 30.1 Å². The lowest BCUT2D eigenvalue weighted by Gasteiger charge is -2.34. The molecule has 2 rings (SSSR count). The van der Waals surface area contributed by atoms with Crippen LogP contribution in [-0.4, -0.2) is 34.7 Å². The Labute approximate surface area is 102 Å². The molecular weight excluding hydrogens is 212 g/mol. The minimum absolute atomic E-state index is 0.0502. The minimum Gasteiger partial charge on any atom is -0.384 e. The average Bonchev–Trinajstić information content (AvgIpc) is 2.41. The number of aliphatic hydroxyl groups is 1. The zero-order valence-corrected chi connectivity index (χ0v) is 9.97. The van der Waals surface area contributed by atoms with Crippen LogP contribution >= 0.6 is 0 Å². The summed E-state index contributed by atoms with van der Waals surface area (Å²) >= 11 is 0. The van der Waals surface area contributed by atoms with Crippen molar-refractivity contribution in [3.63, 3.8) is 0 Å². The predicted octanol–water partition coefficient (Wildman–Crippen LogP) is 1.60. The third-order valence-electron chi connectivity index (χ3n) is 3.17. The summed E-state index contributed by atoms with van der Waals surface area (Å²) in [5.74, 6) is 5.73. The van der Waals surface area contributed by atoms with Crippen LogP contribution in [0.25, 0.3) is 0 Å². The standard InChI is InChI=1S/C14H18N2O/c17-11-4-3-10-16-9-2-1-7-14(16)13-6-5-8-15-12-13/h5-6,8,12,14,17H,1-2,7,9-11H2. The van der Waals surface area contributed by atoms with Crippen LogP contribution in [-0.2, 0) is 0 Å². The van der Waals surface area contributed by atoms with Gasteiger partial charge in [0.05, 0.1) is 6.54 Å². The maximum atomic E-state index is 8.68. The number of aromatic nitrogens is 1. The maximum absolute atomic E-state index is 8.68. The molecule has 3 heteroatoms. The maximum Gasteiger partial charge on any atom is 0.104 e. The molecule has 17 heavy (non-hydrogen) atoms. The Hall–Kier alpha value is -1.37. The number of rotatable bonds is 2. The molecule has 1 atom stereocenters. The third-order valence-corrected chi connectivity index (χ3v) is 3.17. The highest BCUT2D eigenvalue weighted by atomic mass is 16.2. The fraction of sp³-hybridized carbons (Fsp3) is 0.500. The summed E-state index contributed by atoms with van der Waals surface area (Å²) < 4.78 is 0. The molecule has 1 aromatic rings. The highest BCUT2D eigenvalue weighted by molar-refractivity contribution is 5.15. The number of aliphatic hydroxyl groups excluding tert-OH is 1. The number of nitrogens with zero attached hydrogens (tertiary/aromatic N) is 2. The van der Waals surface area contributed by atoms with Crippen LogP contribution in [0, 0.1) is 11.8 Å². The van der Waals surface area contributed by atoms with E-state index >= 15 is 0 Å². The normalized spacial score (nSPS) is 20.6. The molecule has 1 N–H and O–H groups in total. The second kappa shape index (κ2) is 6.39. The SMILES string of the molecule is OCC#CCN1CCCCC1c1cccnc1. The lowest BCUT2D eigenvalue weighted by molar-refractivity contribution is 0.168. The molecule has 0 spiro atoms. The van der Waals surface area contributed by atoms with Crippen molar-refractivity contribution in [1.29, 1.82) is 0 Å². The quantitative estimate of drug-likeness (QED) is 0.784. The van der Waals surface area contributed by atoms with E-state index in [0.29, 0.717) is 6.04 Å². The van der Waals surface area contributed by atoms with Crippen molar-refractivity contribution in [3.8, 4) is 11.8 Å². The van der Waals surface area contributed by atoms with Crippen LogP contribution < -0.4 is 0 Å². The number of likely N-dealkylation sites (tertiary alicyclic amines) is 1. The Bertz CT molecular complexity index is 394. The molecule has 1 aromatic heterocycles. The Morgan fingerprint density at radius 2 is 2.35 bits per heavy atom. The van der Waals surface area contributed by atoms with Gasteiger partial charge in [0.15, 0.2) is 0 Å². The number of hydrogen-bond donors (Lipinski definition) is 1. The highest BCUT2D eigenvalue weighted by Gasteiger charge is 2.22. The fourth-order valence-corrected chi connectivity index (χ4v) is 2.34. The van der Waals surface area contributed by atoms with Gasteiger partial charge in [0, 0.05) is 18.4 Å². The molecule has 1 unspecified atom stereocenters. The van der Waals surface area contributed by atoms with Gasteiger partial charge >= 0.3 is 0 Å². The van der Waals surface area contributed by atoms with Crippen molar-refractivity contribution in [2.24, 2.45) is 0 Å². The Balaban J connectivity index is 2.07. The van der Waals surface area contributed by atoms with Gasteiger partial charge in [-0.05, 0) is 31.0 Å². The van der Waals surface area contributed by atoms with Crippen molar-refractivity contribution >= 4 is 0 Å². The first-order valence-electron chi connectivity index (χ1n) is 6.12. The van der Waals surface area contributed by atoms with E-state index in [4.69, 9.17) is 5.11 Å². The van der Waals surface area contributed by atoms with E-state index in [-0.39, 0.29) is 6.61 Å². The van der Waals surface area contributed by atoms with Crippen LogP contribution in [0.15, 0.2) is 24.5 Å². The van der Waals surface area contributed by atoms with Gasteiger partial charge in [-0.1, -0.05) is 24.3 Å². The molecule has 0 bridgehead atoms.